The highest BCUT2D eigenvalue weighted by Gasteiger charge is 2.21. The van der Waals surface area contributed by atoms with Gasteiger partial charge in [-0.2, -0.15) is 5.26 Å². The van der Waals surface area contributed by atoms with Crippen molar-refractivity contribution >= 4 is 29.2 Å². The number of rotatable bonds is 12. The van der Waals surface area contributed by atoms with Gasteiger partial charge in [0.05, 0.1) is 29.2 Å². The van der Waals surface area contributed by atoms with Crippen molar-refractivity contribution in [1.82, 2.24) is 5.32 Å². The number of ether oxygens (including phenoxy) is 1. The maximum Gasteiger partial charge on any atom is 0.252 e. The predicted octanol–water partition coefficient (Wildman–Crippen LogP) is 7.20. The number of nitroso groups, excluding NO2 is 1. The van der Waals surface area contributed by atoms with Crippen LogP contribution in [0.4, 0.5) is 11.4 Å². The molecule has 0 heterocycles. The number of anilines is 2. The van der Waals surface area contributed by atoms with Crippen molar-refractivity contribution in [2.75, 3.05) is 30.2 Å². The number of carbonyl (C=O) groups is 1. The third-order valence-electron chi connectivity index (χ3n) is 6.47. The van der Waals surface area contributed by atoms with Gasteiger partial charge in [0.15, 0.2) is 0 Å². The van der Waals surface area contributed by atoms with Gasteiger partial charge in [-0.25, -0.2) is 0 Å². The first-order chi connectivity index (χ1) is 19.8. The minimum Gasteiger partial charge on any atom is -0.496 e. The minimum absolute atomic E-state index is 0.275. The molecular formula is C32H31N5O3S. The van der Waals surface area contributed by atoms with Crippen molar-refractivity contribution in [3.05, 3.63) is 113 Å². The largest absolute Gasteiger partial charge is 0.496 e. The number of nitrogens with zero attached hydrogens (tertiary/aromatic N) is 2. The van der Waals surface area contributed by atoms with Gasteiger partial charge in [-0.1, -0.05) is 47.6 Å². The first-order valence-electron chi connectivity index (χ1n) is 13.0. The summed E-state index contributed by atoms with van der Waals surface area (Å²) in [6.07, 6.45) is 0. The van der Waals surface area contributed by atoms with Gasteiger partial charge >= 0.3 is 0 Å². The molecule has 9 heteroatoms. The zero-order valence-corrected chi connectivity index (χ0v) is 23.9. The lowest BCUT2D eigenvalue weighted by Crippen LogP contribution is -2.29. The predicted molar refractivity (Wildman–Crippen MR) is 165 cm³/mol. The van der Waals surface area contributed by atoms with Crippen molar-refractivity contribution in [3.8, 4) is 22.9 Å². The van der Waals surface area contributed by atoms with E-state index in [1.165, 1.54) is 11.9 Å². The van der Waals surface area contributed by atoms with Gasteiger partial charge in [-0.3, -0.25) is 4.79 Å². The van der Waals surface area contributed by atoms with Gasteiger partial charge in [0, 0.05) is 24.5 Å². The Hall–Kier alpha value is -4.81. The van der Waals surface area contributed by atoms with Crippen molar-refractivity contribution in [2.24, 2.45) is 5.18 Å². The summed E-state index contributed by atoms with van der Waals surface area (Å²) in [6.45, 7) is 4.51. The van der Waals surface area contributed by atoms with E-state index in [1.807, 2.05) is 72.8 Å². The monoisotopic (exact) mass is 565 g/mol. The van der Waals surface area contributed by atoms with Crippen LogP contribution in [0.2, 0.25) is 0 Å². The van der Waals surface area contributed by atoms with Crippen LogP contribution in [0.25, 0.3) is 11.1 Å². The van der Waals surface area contributed by atoms with E-state index in [4.69, 9.17) is 4.74 Å². The van der Waals surface area contributed by atoms with Gasteiger partial charge in [0.2, 0.25) is 0 Å². The van der Waals surface area contributed by atoms with E-state index in [0.29, 0.717) is 24.2 Å². The second kappa shape index (κ2) is 13.5. The van der Waals surface area contributed by atoms with Crippen molar-refractivity contribution in [1.29, 1.82) is 5.26 Å². The summed E-state index contributed by atoms with van der Waals surface area (Å²) in [5.41, 5.74) is 4.52. The summed E-state index contributed by atoms with van der Waals surface area (Å²) in [7, 11) is 1.64. The summed E-state index contributed by atoms with van der Waals surface area (Å²) in [4.78, 5) is 24.6. The van der Waals surface area contributed by atoms with Crippen molar-refractivity contribution < 1.29 is 9.53 Å². The standard InChI is InChI=1S/C32H31N5O3S/c1-32(2,37-39)25-10-6-9-22(18-25)23-14-15-29(40-3)30(19-23)41-36-27-12-7-11-26(20-27)34-16-17-35-31(38)28-13-5-4-8-24(28)21-33/h4-15,18-20,34,36H,16-17H2,1-3H3,(H,35,38). The summed E-state index contributed by atoms with van der Waals surface area (Å²) >= 11 is 1.44. The van der Waals surface area contributed by atoms with Crippen LogP contribution in [-0.2, 0) is 5.54 Å². The van der Waals surface area contributed by atoms with E-state index >= 15 is 0 Å². The Morgan fingerprint density at radius 1 is 0.927 bits per heavy atom. The summed E-state index contributed by atoms with van der Waals surface area (Å²) in [6, 6.07) is 30.4. The first-order valence-corrected chi connectivity index (χ1v) is 13.8. The molecule has 0 radical (unpaired) electrons. The Kier molecular flexibility index (Phi) is 9.61. The minimum atomic E-state index is -0.810. The zero-order valence-electron chi connectivity index (χ0n) is 23.1. The van der Waals surface area contributed by atoms with Crippen LogP contribution in [-0.4, -0.2) is 26.1 Å². The molecule has 0 bridgehead atoms. The number of nitriles is 1. The van der Waals surface area contributed by atoms with E-state index in [0.717, 1.165) is 38.7 Å². The Balaban J connectivity index is 1.38. The highest BCUT2D eigenvalue weighted by molar-refractivity contribution is 8.00. The SMILES string of the molecule is COc1ccc(-c2cccc(C(C)(C)N=O)c2)cc1SNc1cccc(NCCNC(=O)c2ccccc2C#N)c1. The lowest BCUT2D eigenvalue weighted by Gasteiger charge is -2.17. The molecule has 0 fully saturated rings. The van der Waals surface area contributed by atoms with Gasteiger partial charge in [0.25, 0.3) is 5.91 Å². The van der Waals surface area contributed by atoms with Crippen molar-refractivity contribution in [2.45, 2.75) is 24.3 Å². The number of carbonyl (C=O) groups excluding carboxylic acids is 1. The fourth-order valence-electron chi connectivity index (χ4n) is 4.13. The average Bonchev–Trinajstić information content (AvgIpc) is 3.02. The van der Waals surface area contributed by atoms with Crippen LogP contribution >= 0.6 is 11.9 Å². The van der Waals surface area contributed by atoms with Gasteiger partial charge < -0.3 is 20.1 Å². The molecule has 0 unspecified atom stereocenters. The normalized spacial score (nSPS) is 10.8. The van der Waals surface area contributed by atoms with Crippen molar-refractivity contribution in [3.63, 3.8) is 0 Å². The molecular weight excluding hydrogens is 534 g/mol. The third-order valence-corrected chi connectivity index (χ3v) is 7.34. The molecule has 4 aromatic carbocycles. The highest BCUT2D eigenvalue weighted by Crippen LogP contribution is 2.36. The quantitative estimate of drug-likeness (QED) is 0.0945. The molecule has 0 aromatic heterocycles. The molecule has 1 amide bonds. The Morgan fingerprint density at radius 2 is 1.68 bits per heavy atom. The fraction of sp³-hybridized carbons (Fsp3) is 0.188. The molecule has 4 rings (SSSR count). The highest BCUT2D eigenvalue weighted by atomic mass is 32.2. The second-order valence-corrected chi connectivity index (χ2v) is 10.6. The van der Waals surface area contributed by atoms with Crippen LogP contribution in [0.1, 0.15) is 35.3 Å². The molecule has 8 nitrogen and oxygen atoms in total. The molecule has 4 aromatic rings. The van der Waals surface area contributed by atoms with E-state index in [2.05, 4.69) is 20.5 Å². The lowest BCUT2D eigenvalue weighted by atomic mass is 9.92. The van der Waals surface area contributed by atoms with E-state index < -0.39 is 5.54 Å². The number of hydrogen-bond donors (Lipinski definition) is 3. The summed E-state index contributed by atoms with van der Waals surface area (Å²) in [5.74, 6) is 0.461. The Bertz CT molecular complexity index is 1580. The maximum absolute atomic E-state index is 12.4. The molecule has 0 atom stereocenters. The number of hydrogen-bond acceptors (Lipinski definition) is 8. The molecule has 0 aliphatic carbocycles. The fourth-order valence-corrected chi connectivity index (χ4v) is 4.92. The van der Waals surface area contributed by atoms with Gasteiger partial charge in [-0.05, 0) is 91.0 Å². The Morgan fingerprint density at radius 3 is 2.46 bits per heavy atom. The molecule has 0 aliphatic heterocycles. The van der Waals surface area contributed by atoms with Gasteiger partial charge in [-0.15, -0.1) is 4.91 Å². The Labute approximate surface area is 244 Å². The smallest absolute Gasteiger partial charge is 0.252 e. The molecule has 3 N–H and O–H groups in total. The second-order valence-electron chi connectivity index (χ2n) is 9.72. The zero-order chi connectivity index (χ0) is 29.2. The van der Waals surface area contributed by atoms with Crippen LogP contribution < -0.4 is 20.1 Å². The van der Waals surface area contributed by atoms with E-state index in [-0.39, 0.29) is 5.91 Å². The molecule has 0 saturated carbocycles. The molecule has 0 spiro atoms. The maximum atomic E-state index is 12.4. The molecule has 0 aliphatic rings. The van der Waals surface area contributed by atoms with Crippen LogP contribution in [0.3, 0.4) is 0 Å². The molecule has 41 heavy (non-hydrogen) atoms. The van der Waals surface area contributed by atoms with E-state index in [9.17, 15) is 15.0 Å². The third kappa shape index (κ3) is 7.44. The lowest BCUT2D eigenvalue weighted by molar-refractivity contribution is 0.0955. The number of benzene rings is 4. The first kappa shape index (κ1) is 29.2. The molecule has 208 valence electrons. The number of amides is 1. The average molecular weight is 566 g/mol. The number of nitrogens with one attached hydrogen (secondary N) is 3. The van der Waals surface area contributed by atoms with Gasteiger partial charge in [0.1, 0.15) is 11.3 Å². The summed E-state index contributed by atoms with van der Waals surface area (Å²) < 4.78 is 8.98. The molecule has 0 saturated heterocycles. The topological polar surface area (TPSA) is 116 Å². The summed E-state index contributed by atoms with van der Waals surface area (Å²) in [5, 5.41) is 18.6. The van der Waals surface area contributed by atoms with Crippen LogP contribution in [0, 0.1) is 16.2 Å². The number of methoxy groups -OCH3 is 1. The van der Waals surface area contributed by atoms with Crippen LogP contribution in [0.15, 0.2) is 101 Å². The van der Waals surface area contributed by atoms with E-state index in [1.54, 1.807) is 45.2 Å². The van der Waals surface area contributed by atoms with Crippen LogP contribution in [0.5, 0.6) is 5.75 Å².